The van der Waals surface area contributed by atoms with Crippen LogP contribution in [0.4, 0.5) is 0 Å². The lowest BCUT2D eigenvalue weighted by atomic mass is 9.91. The van der Waals surface area contributed by atoms with Gasteiger partial charge in [-0.2, -0.15) is 0 Å². The average Bonchev–Trinajstić information content (AvgIpc) is 3.16. The summed E-state index contributed by atoms with van der Waals surface area (Å²) in [6, 6.07) is 56.3. The van der Waals surface area contributed by atoms with Crippen molar-refractivity contribution in [2.45, 2.75) is 0 Å². The predicted molar refractivity (Wildman–Crippen MR) is 201 cm³/mol. The third-order valence-corrected chi connectivity index (χ3v) is 9.65. The first-order valence-electron chi connectivity index (χ1n) is 16.3. The molecular formula is C45H27N3. The highest BCUT2D eigenvalue weighted by Gasteiger charge is 2.16. The van der Waals surface area contributed by atoms with Crippen LogP contribution in [0.3, 0.4) is 0 Å². The van der Waals surface area contributed by atoms with Crippen LogP contribution in [0.2, 0.25) is 0 Å². The molecular weight excluding hydrogens is 583 g/mol. The molecule has 0 radical (unpaired) electrons. The van der Waals surface area contributed by atoms with E-state index in [4.69, 9.17) is 9.97 Å². The van der Waals surface area contributed by atoms with Crippen molar-refractivity contribution in [1.29, 1.82) is 0 Å². The summed E-state index contributed by atoms with van der Waals surface area (Å²) < 4.78 is 0. The molecule has 3 aromatic heterocycles. The smallest absolute Gasteiger partial charge is 0.0893 e. The lowest BCUT2D eigenvalue weighted by molar-refractivity contribution is 1.28. The van der Waals surface area contributed by atoms with Crippen LogP contribution in [0.15, 0.2) is 164 Å². The van der Waals surface area contributed by atoms with Crippen LogP contribution in [0.1, 0.15) is 0 Å². The summed E-state index contributed by atoms with van der Waals surface area (Å²) in [4.78, 5) is 14.8. The van der Waals surface area contributed by atoms with E-state index >= 15 is 0 Å². The van der Waals surface area contributed by atoms with E-state index in [0.29, 0.717) is 0 Å². The van der Waals surface area contributed by atoms with E-state index in [2.05, 4.69) is 138 Å². The maximum atomic E-state index is 5.36. The second kappa shape index (κ2) is 10.5. The van der Waals surface area contributed by atoms with E-state index in [0.717, 1.165) is 38.9 Å². The number of hydrogen-bond donors (Lipinski definition) is 0. The SMILES string of the molecule is c1ccc(-c2ccc3ccc(-c4ccc5cc(-c6c7ccc8ccccc8c7nc7c6ccc6ccccc67)ccc5c4)cc3n2)nc1. The Labute approximate surface area is 276 Å². The van der Waals surface area contributed by atoms with Crippen molar-refractivity contribution in [3.8, 4) is 33.6 Å². The van der Waals surface area contributed by atoms with E-state index in [-0.39, 0.29) is 0 Å². The fraction of sp³-hybridized carbons (Fsp3) is 0. The van der Waals surface area contributed by atoms with Gasteiger partial charge in [-0.1, -0.05) is 121 Å². The standard InChI is InChI=1S/C45H27N3/c1-3-9-36-28(7-1)18-21-38-43(39-22-19-29-8-2-4-10-37(29)45(39)48-44(36)38)35-17-16-31-25-32(14-15-33(31)26-35)34-13-12-30-20-23-41(47-42(30)27-34)40-11-5-6-24-46-40/h1-27H. The van der Waals surface area contributed by atoms with Crippen LogP contribution >= 0.6 is 0 Å². The number of nitrogens with zero attached hydrogens (tertiary/aromatic N) is 3. The Morgan fingerprint density at radius 3 is 1.58 bits per heavy atom. The monoisotopic (exact) mass is 609 g/mol. The highest BCUT2D eigenvalue weighted by Crippen LogP contribution is 2.41. The second-order valence-electron chi connectivity index (χ2n) is 12.4. The number of hydrogen-bond acceptors (Lipinski definition) is 3. The number of pyridine rings is 3. The van der Waals surface area contributed by atoms with Gasteiger partial charge in [-0.25, -0.2) is 9.97 Å². The maximum absolute atomic E-state index is 5.36. The van der Waals surface area contributed by atoms with Crippen LogP contribution in [0.25, 0.3) is 98.7 Å². The third-order valence-electron chi connectivity index (χ3n) is 9.65. The fourth-order valence-electron chi connectivity index (χ4n) is 7.26. The third kappa shape index (κ3) is 4.25. The largest absolute Gasteiger partial charge is 0.255 e. The summed E-state index contributed by atoms with van der Waals surface area (Å²) in [5, 5.41) is 10.6. The Hall–Kier alpha value is -6.45. The molecule has 3 heteroatoms. The van der Waals surface area contributed by atoms with Crippen molar-refractivity contribution in [2.24, 2.45) is 0 Å². The summed E-state index contributed by atoms with van der Waals surface area (Å²) in [6.45, 7) is 0. The van der Waals surface area contributed by atoms with Gasteiger partial charge in [-0.3, -0.25) is 4.98 Å². The minimum Gasteiger partial charge on any atom is -0.255 e. The van der Waals surface area contributed by atoms with Crippen LogP contribution in [0.5, 0.6) is 0 Å². The van der Waals surface area contributed by atoms with E-state index in [1.165, 1.54) is 59.8 Å². The minimum absolute atomic E-state index is 0.877. The molecule has 0 N–H and O–H groups in total. The van der Waals surface area contributed by atoms with Gasteiger partial charge in [0.2, 0.25) is 0 Å². The summed E-state index contributed by atoms with van der Waals surface area (Å²) >= 11 is 0. The molecule has 0 aliphatic rings. The van der Waals surface area contributed by atoms with Crippen LogP contribution in [-0.2, 0) is 0 Å². The van der Waals surface area contributed by atoms with Gasteiger partial charge in [-0.15, -0.1) is 0 Å². The van der Waals surface area contributed by atoms with Gasteiger partial charge in [0.15, 0.2) is 0 Å². The Bertz CT molecular complexity index is 2800. The Morgan fingerprint density at radius 2 is 0.896 bits per heavy atom. The topological polar surface area (TPSA) is 38.7 Å². The first-order valence-corrected chi connectivity index (χ1v) is 16.3. The zero-order valence-corrected chi connectivity index (χ0v) is 25.9. The summed E-state index contributed by atoms with van der Waals surface area (Å²) in [5.74, 6) is 0. The quantitative estimate of drug-likeness (QED) is 0.148. The number of benzene rings is 7. The molecule has 48 heavy (non-hydrogen) atoms. The Morgan fingerprint density at radius 1 is 0.333 bits per heavy atom. The number of aromatic nitrogens is 3. The van der Waals surface area contributed by atoms with Gasteiger partial charge in [0.05, 0.1) is 27.9 Å². The van der Waals surface area contributed by atoms with E-state index in [1.54, 1.807) is 0 Å². The van der Waals surface area contributed by atoms with Crippen molar-refractivity contribution in [1.82, 2.24) is 15.0 Å². The molecule has 0 aliphatic carbocycles. The summed E-state index contributed by atoms with van der Waals surface area (Å²) in [6.07, 6.45) is 1.81. The van der Waals surface area contributed by atoms with Crippen molar-refractivity contribution >= 4 is 65.0 Å². The molecule has 0 unspecified atom stereocenters. The molecule has 222 valence electrons. The zero-order chi connectivity index (χ0) is 31.6. The highest BCUT2D eigenvalue weighted by atomic mass is 14.8. The van der Waals surface area contributed by atoms with Gasteiger partial charge >= 0.3 is 0 Å². The van der Waals surface area contributed by atoms with E-state index in [9.17, 15) is 0 Å². The highest BCUT2D eigenvalue weighted by molar-refractivity contribution is 6.21. The normalized spacial score (nSPS) is 11.8. The van der Waals surface area contributed by atoms with Crippen molar-refractivity contribution in [2.75, 3.05) is 0 Å². The molecule has 0 saturated heterocycles. The van der Waals surface area contributed by atoms with Crippen molar-refractivity contribution < 1.29 is 0 Å². The van der Waals surface area contributed by atoms with Gasteiger partial charge in [0.1, 0.15) is 0 Å². The number of fused-ring (bicyclic) bond motifs is 8. The van der Waals surface area contributed by atoms with Gasteiger partial charge < -0.3 is 0 Å². The Balaban J connectivity index is 1.13. The predicted octanol–water partition coefficient (Wildman–Crippen LogP) is 11.8. The van der Waals surface area contributed by atoms with Crippen molar-refractivity contribution in [3.63, 3.8) is 0 Å². The lowest BCUT2D eigenvalue weighted by Gasteiger charge is -2.15. The van der Waals surface area contributed by atoms with E-state index in [1.807, 2.05) is 30.5 Å². The van der Waals surface area contributed by atoms with Crippen LogP contribution < -0.4 is 0 Å². The maximum Gasteiger partial charge on any atom is 0.0893 e. The molecule has 0 spiro atoms. The average molecular weight is 610 g/mol. The lowest BCUT2D eigenvalue weighted by Crippen LogP contribution is -1.92. The first-order chi connectivity index (χ1) is 23.8. The molecule has 0 amide bonds. The minimum atomic E-state index is 0.877. The molecule has 3 nitrogen and oxygen atoms in total. The van der Waals surface area contributed by atoms with Crippen LogP contribution in [-0.4, -0.2) is 15.0 Å². The molecule has 10 aromatic rings. The fourth-order valence-corrected chi connectivity index (χ4v) is 7.26. The first kappa shape index (κ1) is 26.7. The summed E-state index contributed by atoms with van der Waals surface area (Å²) in [7, 11) is 0. The zero-order valence-electron chi connectivity index (χ0n) is 25.9. The number of rotatable bonds is 3. The second-order valence-corrected chi connectivity index (χ2v) is 12.4. The molecule has 10 rings (SSSR count). The molecule has 0 atom stereocenters. The summed E-state index contributed by atoms with van der Waals surface area (Å²) in [5.41, 5.74) is 9.52. The van der Waals surface area contributed by atoms with E-state index < -0.39 is 0 Å². The van der Waals surface area contributed by atoms with Gasteiger partial charge in [0.25, 0.3) is 0 Å². The van der Waals surface area contributed by atoms with Crippen LogP contribution in [0, 0.1) is 0 Å². The van der Waals surface area contributed by atoms with Gasteiger partial charge in [-0.05, 0) is 74.6 Å². The molecule has 0 aliphatic heterocycles. The Kier molecular flexibility index (Phi) is 5.87. The molecule has 0 bridgehead atoms. The molecule has 0 fully saturated rings. The molecule has 3 heterocycles. The molecule has 0 saturated carbocycles. The van der Waals surface area contributed by atoms with Crippen molar-refractivity contribution in [3.05, 3.63) is 164 Å². The van der Waals surface area contributed by atoms with Gasteiger partial charge in [0, 0.05) is 38.7 Å². The molecule has 7 aromatic carbocycles.